The van der Waals surface area contributed by atoms with E-state index in [9.17, 15) is 0 Å². The van der Waals surface area contributed by atoms with Gasteiger partial charge in [-0.3, -0.25) is 5.10 Å². The third kappa shape index (κ3) is 2.03. The first-order chi connectivity index (χ1) is 8.74. The second kappa shape index (κ2) is 4.53. The Balaban J connectivity index is 1.63. The molecule has 6 nitrogen and oxygen atoms in total. The van der Waals surface area contributed by atoms with Crippen LogP contribution in [0.3, 0.4) is 0 Å². The van der Waals surface area contributed by atoms with Gasteiger partial charge >= 0.3 is 0 Å². The van der Waals surface area contributed by atoms with E-state index in [2.05, 4.69) is 30.3 Å². The number of aryl methyl sites for hydroxylation is 3. The Morgan fingerprint density at radius 3 is 3.11 bits per heavy atom. The highest BCUT2D eigenvalue weighted by molar-refractivity contribution is 5.14. The first kappa shape index (κ1) is 11.4. The third-order valence-electron chi connectivity index (χ3n) is 3.65. The maximum atomic E-state index is 4.19. The van der Waals surface area contributed by atoms with Crippen molar-refractivity contribution in [3.63, 3.8) is 0 Å². The van der Waals surface area contributed by atoms with Gasteiger partial charge in [0.15, 0.2) is 0 Å². The van der Waals surface area contributed by atoms with Crippen LogP contribution in [0, 0.1) is 13.8 Å². The molecule has 0 radical (unpaired) electrons. The molecule has 0 amide bonds. The highest BCUT2D eigenvalue weighted by Gasteiger charge is 2.21. The van der Waals surface area contributed by atoms with Gasteiger partial charge < -0.3 is 9.88 Å². The van der Waals surface area contributed by atoms with Crippen LogP contribution < -0.4 is 5.32 Å². The van der Waals surface area contributed by atoms with E-state index in [-0.39, 0.29) is 0 Å². The number of hydrogen-bond donors (Lipinski definition) is 2. The Bertz CT molecular complexity index is 541. The number of aromatic nitrogens is 5. The topological polar surface area (TPSA) is 71.4 Å². The van der Waals surface area contributed by atoms with Crippen LogP contribution in [0.5, 0.6) is 0 Å². The predicted octanol–water partition coefficient (Wildman–Crippen LogP) is 0.723. The van der Waals surface area contributed by atoms with E-state index in [1.807, 2.05) is 20.0 Å². The highest BCUT2D eigenvalue weighted by Crippen LogP contribution is 2.15. The molecular formula is C12H18N6. The Morgan fingerprint density at radius 1 is 1.44 bits per heavy atom. The van der Waals surface area contributed by atoms with Crippen LogP contribution in [-0.2, 0) is 19.5 Å². The van der Waals surface area contributed by atoms with Gasteiger partial charge in [-0.15, -0.1) is 10.2 Å². The number of nitrogens with zero attached hydrogens (tertiary/aromatic N) is 4. The molecule has 2 N–H and O–H groups in total. The number of nitrogens with one attached hydrogen (secondary N) is 2. The molecule has 0 saturated heterocycles. The number of aromatic amines is 1. The van der Waals surface area contributed by atoms with Gasteiger partial charge in [0.1, 0.15) is 11.6 Å². The maximum absolute atomic E-state index is 4.19. The zero-order valence-electron chi connectivity index (χ0n) is 10.8. The second-order valence-corrected chi connectivity index (χ2v) is 4.91. The maximum Gasteiger partial charge on any atom is 0.133 e. The first-order valence-corrected chi connectivity index (χ1v) is 6.35. The van der Waals surface area contributed by atoms with Crippen molar-refractivity contribution >= 4 is 0 Å². The predicted molar refractivity (Wildman–Crippen MR) is 67.0 cm³/mol. The summed E-state index contributed by atoms with van der Waals surface area (Å²) in [6, 6.07) is 0.487. The first-order valence-electron chi connectivity index (χ1n) is 6.35. The van der Waals surface area contributed by atoms with Crippen molar-refractivity contribution in [2.45, 2.75) is 45.8 Å². The minimum Gasteiger partial charge on any atom is -0.314 e. The summed E-state index contributed by atoms with van der Waals surface area (Å²) < 4.78 is 2.21. The monoisotopic (exact) mass is 246 g/mol. The fraction of sp³-hybridized carbons (Fsp3) is 0.583. The average Bonchev–Trinajstić information content (AvgIpc) is 2.94. The quantitative estimate of drug-likeness (QED) is 0.837. The molecule has 2 aromatic rings. The van der Waals surface area contributed by atoms with E-state index in [1.165, 1.54) is 5.56 Å². The molecule has 0 saturated carbocycles. The van der Waals surface area contributed by atoms with Crippen LogP contribution in [0.4, 0.5) is 0 Å². The molecule has 3 rings (SSSR count). The van der Waals surface area contributed by atoms with Crippen LogP contribution in [-0.4, -0.2) is 31.0 Å². The zero-order chi connectivity index (χ0) is 12.5. The van der Waals surface area contributed by atoms with Crippen LogP contribution >= 0.6 is 0 Å². The normalized spacial score (nSPS) is 18.9. The van der Waals surface area contributed by atoms with Crippen LogP contribution in [0.25, 0.3) is 0 Å². The van der Waals surface area contributed by atoms with E-state index in [1.54, 1.807) is 0 Å². The lowest BCUT2D eigenvalue weighted by molar-refractivity contribution is 0.375. The average molecular weight is 246 g/mol. The van der Waals surface area contributed by atoms with Crippen molar-refractivity contribution in [2.75, 3.05) is 0 Å². The number of hydrogen-bond acceptors (Lipinski definition) is 4. The van der Waals surface area contributed by atoms with Crippen LogP contribution in [0.1, 0.15) is 29.3 Å². The molecule has 0 bridgehead atoms. The lowest BCUT2D eigenvalue weighted by Crippen LogP contribution is -2.37. The molecule has 1 aliphatic rings. The summed E-state index contributed by atoms with van der Waals surface area (Å²) in [5.41, 5.74) is 2.38. The fourth-order valence-corrected chi connectivity index (χ4v) is 2.44. The highest BCUT2D eigenvalue weighted by atomic mass is 15.3. The minimum atomic E-state index is 0.487. The van der Waals surface area contributed by atoms with E-state index in [0.717, 1.165) is 43.3 Å². The van der Waals surface area contributed by atoms with Crippen LogP contribution in [0.15, 0.2) is 6.20 Å². The Labute approximate surface area is 106 Å². The molecule has 0 spiro atoms. The summed E-state index contributed by atoms with van der Waals surface area (Å²) in [4.78, 5) is 0. The molecule has 0 fully saturated rings. The molecule has 1 atom stereocenters. The molecule has 1 aliphatic heterocycles. The smallest absolute Gasteiger partial charge is 0.133 e. The van der Waals surface area contributed by atoms with Gasteiger partial charge in [0, 0.05) is 36.8 Å². The molecular weight excluding hydrogens is 228 g/mol. The van der Waals surface area contributed by atoms with E-state index in [4.69, 9.17) is 0 Å². The van der Waals surface area contributed by atoms with Gasteiger partial charge in [-0.2, -0.15) is 5.10 Å². The summed E-state index contributed by atoms with van der Waals surface area (Å²) in [6.07, 6.45) is 4.01. The molecule has 0 aromatic carbocycles. The van der Waals surface area contributed by atoms with Gasteiger partial charge in [-0.05, 0) is 20.3 Å². The molecule has 18 heavy (non-hydrogen) atoms. The van der Waals surface area contributed by atoms with Crippen LogP contribution in [0.2, 0.25) is 0 Å². The van der Waals surface area contributed by atoms with Gasteiger partial charge in [-0.1, -0.05) is 0 Å². The van der Waals surface area contributed by atoms with E-state index in [0.29, 0.717) is 6.04 Å². The molecule has 3 heterocycles. The van der Waals surface area contributed by atoms with Crippen molar-refractivity contribution in [1.82, 2.24) is 30.3 Å². The Hall–Kier alpha value is -1.69. The summed E-state index contributed by atoms with van der Waals surface area (Å²) in [6.45, 7) is 5.89. The fourth-order valence-electron chi connectivity index (χ4n) is 2.44. The van der Waals surface area contributed by atoms with Gasteiger partial charge in [0.25, 0.3) is 0 Å². The lowest BCUT2D eigenvalue weighted by Gasteiger charge is -2.24. The van der Waals surface area contributed by atoms with Crippen molar-refractivity contribution in [2.24, 2.45) is 0 Å². The number of rotatable bonds is 3. The minimum absolute atomic E-state index is 0.487. The standard InChI is InChI=1S/C12H18N6/c1-8-10(6-14-15-8)5-13-11-3-4-12-17-16-9(2)18(12)7-11/h6,11,13H,3-5,7H2,1-2H3,(H,14,15)/t11-/m1/s1. The molecule has 0 unspecified atom stereocenters. The van der Waals surface area contributed by atoms with E-state index < -0.39 is 0 Å². The Morgan fingerprint density at radius 2 is 2.33 bits per heavy atom. The van der Waals surface area contributed by atoms with Crippen molar-refractivity contribution < 1.29 is 0 Å². The van der Waals surface area contributed by atoms with Gasteiger partial charge in [-0.25, -0.2) is 0 Å². The summed E-state index contributed by atoms with van der Waals surface area (Å²) in [7, 11) is 0. The molecule has 2 aromatic heterocycles. The lowest BCUT2D eigenvalue weighted by atomic mass is 10.1. The molecule has 0 aliphatic carbocycles. The third-order valence-corrected chi connectivity index (χ3v) is 3.65. The van der Waals surface area contributed by atoms with Gasteiger partial charge in [0.2, 0.25) is 0 Å². The largest absolute Gasteiger partial charge is 0.314 e. The molecule has 96 valence electrons. The summed E-state index contributed by atoms with van der Waals surface area (Å²) in [5, 5.41) is 18.9. The van der Waals surface area contributed by atoms with Crippen molar-refractivity contribution in [3.05, 3.63) is 29.1 Å². The van der Waals surface area contributed by atoms with Crippen molar-refractivity contribution in [1.29, 1.82) is 0 Å². The molecule has 6 heteroatoms. The van der Waals surface area contributed by atoms with Crippen molar-refractivity contribution in [3.8, 4) is 0 Å². The summed E-state index contributed by atoms with van der Waals surface area (Å²) in [5.74, 6) is 2.13. The summed E-state index contributed by atoms with van der Waals surface area (Å²) >= 11 is 0. The van der Waals surface area contributed by atoms with Gasteiger partial charge in [0.05, 0.1) is 6.20 Å². The SMILES string of the molecule is Cc1[nH]ncc1CN[C@@H]1CCc2nnc(C)n2C1. The Kier molecular flexibility index (Phi) is 2.87. The van der Waals surface area contributed by atoms with E-state index >= 15 is 0 Å². The zero-order valence-corrected chi connectivity index (χ0v) is 10.8. The number of fused-ring (bicyclic) bond motifs is 1. The second-order valence-electron chi connectivity index (χ2n) is 4.91. The number of H-pyrrole nitrogens is 1.